The van der Waals surface area contributed by atoms with Crippen molar-refractivity contribution in [3.63, 3.8) is 0 Å². The molecule has 6 heteroatoms. The molecule has 1 aromatic rings. The Morgan fingerprint density at radius 2 is 2.33 bits per heavy atom. The quantitative estimate of drug-likeness (QED) is 0.816. The molecule has 0 aliphatic heterocycles. The second-order valence-corrected chi connectivity index (χ2v) is 5.26. The maximum Gasteiger partial charge on any atom is 0.283 e. The van der Waals surface area contributed by atoms with E-state index in [0.29, 0.717) is 23.2 Å². The minimum atomic E-state index is -0.310. The first-order valence-corrected chi connectivity index (χ1v) is 6.36. The molecule has 0 bridgehead atoms. The highest BCUT2D eigenvalue weighted by molar-refractivity contribution is 9.10. The maximum absolute atomic E-state index is 11.9. The Kier molecular flexibility index (Phi) is 5.10. The zero-order valence-electron chi connectivity index (χ0n) is 10.9. The molecule has 18 heavy (non-hydrogen) atoms. The fourth-order valence-corrected chi connectivity index (χ4v) is 1.67. The molecule has 100 valence electrons. The molecule has 0 saturated heterocycles. The Morgan fingerprint density at radius 1 is 1.67 bits per heavy atom. The third-order valence-electron chi connectivity index (χ3n) is 2.54. The van der Waals surface area contributed by atoms with Gasteiger partial charge in [0, 0.05) is 13.7 Å². The van der Waals surface area contributed by atoms with Crippen LogP contribution in [0.4, 0.5) is 5.69 Å². The SMILES string of the molecule is C=CCn1ncc(NCC(C)(C)OC)c(Br)c1=O. The van der Waals surface area contributed by atoms with Crippen LogP contribution in [0.2, 0.25) is 0 Å². The number of ether oxygens (including phenoxy) is 1. The van der Waals surface area contributed by atoms with Gasteiger partial charge < -0.3 is 10.1 Å². The molecule has 0 radical (unpaired) electrons. The minimum absolute atomic E-state index is 0.185. The smallest absolute Gasteiger partial charge is 0.283 e. The Hall–Kier alpha value is -1.14. The van der Waals surface area contributed by atoms with Gasteiger partial charge in [0.05, 0.1) is 24.0 Å². The van der Waals surface area contributed by atoms with E-state index in [1.54, 1.807) is 19.4 Å². The van der Waals surface area contributed by atoms with Crippen molar-refractivity contribution in [2.75, 3.05) is 19.0 Å². The van der Waals surface area contributed by atoms with Crippen molar-refractivity contribution in [3.05, 3.63) is 33.7 Å². The Labute approximate surface area is 115 Å². The van der Waals surface area contributed by atoms with Gasteiger partial charge in [-0.15, -0.1) is 6.58 Å². The van der Waals surface area contributed by atoms with Crippen LogP contribution in [0.3, 0.4) is 0 Å². The van der Waals surface area contributed by atoms with Gasteiger partial charge >= 0.3 is 0 Å². The lowest BCUT2D eigenvalue weighted by Crippen LogP contribution is -2.33. The van der Waals surface area contributed by atoms with E-state index in [1.807, 2.05) is 13.8 Å². The molecule has 0 spiro atoms. The van der Waals surface area contributed by atoms with E-state index in [1.165, 1.54) is 4.68 Å². The van der Waals surface area contributed by atoms with Gasteiger partial charge in [-0.2, -0.15) is 5.10 Å². The topological polar surface area (TPSA) is 56.1 Å². The number of aromatic nitrogens is 2. The largest absolute Gasteiger partial charge is 0.380 e. The molecule has 1 rings (SSSR count). The zero-order valence-corrected chi connectivity index (χ0v) is 12.5. The van der Waals surface area contributed by atoms with Crippen molar-refractivity contribution >= 4 is 21.6 Å². The number of hydrogen-bond donors (Lipinski definition) is 1. The summed E-state index contributed by atoms with van der Waals surface area (Å²) in [5, 5.41) is 7.20. The zero-order chi connectivity index (χ0) is 13.8. The summed E-state index contributed by atoms with van der Waals surface area (Å²) in [5.74, 6) is 0. The summed E-state index contributed by atoms with van der Waals surface area (Å²) in [6, 6.07) is 0. The fourth-order valence-electron chi connectivity index (χ4n) is 1.22. The molecule has 0 amide bonds. The van der Waals surface area contributed by atoms with E-state index in [0.717, 1.165) is 0 Å². The molecular weight excluding hydrogens is 298 g/mol. The van der Waals surface area contributed by atoms with Crippen molar-refractivity contribution in [2.24, 2.45) is 0 Å². The van der Waals surface area contributed by atoms with Crippen LogP contribution in [-0.2, 0) is 11.3 Å². The summed E-state index contributed by atoms with van der Waals surface area (Å²) in [6.45, 7) is 8.47. The highest BCUT2D eigenvalue weighted by Crippen LogP contribution is 2.18. The summed E-state index contributed by atoms with van der Waals surface area (Å²) in [7, 11) is 1.65. The van der Waals surface area contributed by atoms with Crippen molar-refractivity contribution in [3.8, 4) is 0 Å². The predicted octanol–water partition coefficient (Wildman–Crippen LogP) is 2.03. The van der Waals surface area contributed by atoms with Crippen LogP contribution in [0.5, 0.6) is 0 Å². The molecule has 0 saturated carbocycles. The third-order valence-corrected chi connectivity index (χ3v) is 3.31. The molecule has 1 aromatic heterocycles. The van der Waals surface area contributed by atoms with Gasteiger partial charge in [-0.3, -0.25) is 4.79 Å². The number of allylic oxidation sites excluding steroid dienone is 1. The lowest BCUT2D eigenvalue weighted by molar-refractivity contribution is 0.0343. The average Bonchev–Trinajstić information content (AvgIpc) is 2.34. The standard InChI is InChI=1S/C12H18BrN3O2/c1-5-6-16-11(17)10(13)9(7-15-16)14-8-12(2,3)18-4/h5,7,14H,1,6,8H2,2-4H3. The third kappa shape index (κ3) is 3.68. The highest BCUT2D eigenvalue weighted by atomic mass is 79.9. The first-order chi connectivity index (χ1) is 8.41. The molecule has 0 aromatic carbocycles. The lowest BCUT2D eigenvalue weighted by atomic mass is 10.1. The maximum atomic E-state index is 11.9. The Balaban J connectivity index is 2.89. The summed E-state index contributed by atoms with van der Waals surface area (Å²) in [5.41, 5.74) is 0.163. The number of rotatable bonds is 6. The van der Waals surface area contributed by atoms with Gasteiger partial charge in [0.25, 0.3) is 5.56 Å². The number of anilines is 1. The molecule has 0 aliphatic rings. The minimum Gasteiger partial charge on any atom is -0.380 e. The molecule has 0 fully saturated rings. The Bertz CT molecular complexity index is 483. The van der Waals surface area contributed by atoms with E-state index in [-0.39, 0.29) is 11.2 Å². The number of hydrogen-bond acceptors (Lipinski definition) is 4. The summed E-state index contributed by atoms with van der Waals surface area (Å²) in [4.78, 5) is 11.9. The molecule has 0 unspecified atom stereocenters. The van der Waals surface area contributed by atoms with E-state index in [4.69, 9.17) is 4.74 Å². The summed E-state index contributed by atoms with van der Waals surface area (Å²) >= 11 is 3.28. The van der Waals surface area contributed by atoms with Gasteiger partial charge in [-0.25, -0.2) is 4.68 Å². The second-order valence-electron chi connectivity index (χ2n) is 4.47. The molecule has 0 aliphatic carbocycles. The van der Waals surface area contributed by atoms with Crippen LogP contribution in [0.25, 0.3) is 0 Å². The van der Waals surface area contributed by atoms with Crippen LogP contribution in [-0.4, -0.2) is 29.0 Å². The van der Waals surface area contributed by atoms with Crippen molar-refractivity contribution in [1.29, 1.82) is 0 Å². The fraction of sp³-hybridized carbons (Fsp3) is 0.500. The monoisotopic (exact) mass is 315 g/mol. The number of halogens is 1. The number of nitrogens with zero attached hydrogens (tertiary/aromatic N) is 2. The number of methoxy groups -OCH3 is 1. The lowest BCUT2D eigenvalue weighted by Gasteiger charge is -2.24. The van der Waals surface area contributed by atoms with Crippen LogP contribution in [0, 0.1) is 0 Å². The van der Waals surface area contributed by atoms with Crippen molar-refractivity contribution in [1.82, 2.24) is 9.78 Å². The average molecular weight is 316 g/mol. The van der Waals surface area contributed by atoms with E-state index >= 15 is 0 Å². The summed E-state index contributed by atoms with van der Waals surface area (Å²) in [6.07, 6.45) is 3.24. The van der Waals surface area contributed by atoms with Gasteiger partial charge in [0.15, 0.2) is 0 Å². The van der Waals surface area contributed by atoms with Gasteiger partial charge in [0.1, 0.15) is 4.47 Å². The van der Waals surface area contributed by atoms with Crippen LogP contribution in [0.15, 0.2) is 28.1 Å². The molecule has 1 N–H and O–H groups in total. The Morgan fingerprint density at radius 3 is 2.89 bits per heavy atom. The van der Waals surface area contributed by atoms with Crippen molar-refractivity contribution in [2.45, 2.75) is 26.0 Å². The normalized spacial score (nSPS) is 11.3. The predicted molar refractivity (Wildman–Crippen MR) is 76.0 cm³/mol. The van der Waals surface area contributed by atoms with E-state index < -0.39 is 0 Å². The van der Waals surface area contributed by atoms with Crippen LogP contribution < -0.4 is 10.9 Å². The second kappa shape index (κ2) is 6.15. The van der Waals surface area contributed by atoms with Crippen LogP contribution in [0.1, 0.15) is 13.8 Å². The summed E-state index contributed by atoms with van der Waals surface area (Å²) < 4.78 is 7.10. The first kappa shape index (κ1) is 14.9. The highest BCUT2D eigenvalue weighted by Gasteiger charge is 2.17. The van der Waals surface area contributed by atoms with E-state index in [9.17, 15) is 4.79 Å². The molecule has 1 heterocycles. The molecule has 5 nitrogen and oxygen atoms in total. The molecule has 0 atom stereocenters. The van der Waals surface area contributed by atoms with Crippen molar-refractivity contribution < 1.29 is 4.74 Å². The van der Waals surface area contributed by atoms with Gasteiger partial charge in [0.2, 0.25) is 0 Å². The number of nitrogens with one attached hydrogen (secondary N) is 1. The van der Waals surface area contributed by atoms with Crippen LogP contribution >= 0.6 is 15.9 Å². The van der Waals surface area contributed by atoms with Gasteiger partial charge in [-0.1, -0.05) is 6.08 Å². The van der Waals surface area contributed by atoms with Gasteiger partial charge in [-0.05, 0) is 29.8 Å². The molecular formula is C12H18BrN3O2. The first-order valence-electron chi connectivity index (χ1n) is 5.57. The van der Waals surface area contributed by atoms with E-state index in [2.05, 4.69) is 32.9 Å².